The van der Waals surface area contributed by atoms with E-state index in [0.717, 1.165) is 23.0 Å². The van der Waals surface area contributed by atoms with Crippen LogP contribution in [0.15, 0.2) is 48.2 Å². The van der Waals surface area contributed by atoms with Gasteiger partial charge in [-0.2, -0.15) is 13.2 Å². The monoisotopic (exact) mass is 295 g/mol. The number of fused-ring (bicyclic) bond motifs is 1. The van der Waals surface area contributed by atoms with Crippen molar-refractivity contribution in [1.82, 2.24) is 0 Å². The smallest absolute Gasteiger partial charge is 0.347 e. The average molecular weight is 295 g/mol. The number of carbonyl (C=O) groups excluding carboxylic acids is 1. The maximum Gasteiger partial charge on any atom is 0.454 e. The Hall–Kier alpha value is -2.04. The minimum absolute atomic E-state index is 0.322. The van der Waals surface area contributed by atoms with Crippen LogP contribution in [-0.4, -0.2) is 19.0 Å². The van der Waals surface area contributed by atoms with Crippen LogP contribution in [0.4, 0.5) is 18.9 Å². The second-order valence-corrected chi connectivity index (χ2v) is 5.47. The Labute approximate surface area is 121 Å². The fourth-order valence-electron chi connectivity index (χ4n) is 2.62. The highest BCUT2D eigenvalue weighted by molar-refractivity contribution is 5.94. The Morgan fingerprint density at radius 3 is 2.43 bits per heavy atom. The molecule has 21 heavy (non-hydrogen) atoms. The van der Waals surface area contributed by atoms with Gasteiger partial charge in [-0.25, -0.2) is 0 Å². The maximum absolute atomic E-state index is 12.2. The summed E-state index contributed by atoms with van der Waals surface area (Å²) in [5, 5.41) is 0. The molecular weight excluding hydrogens is 279 g/mol. The number of para-hydroxylation sites is 1. The van der Waals surface area contributed by atoms with Gasteiger partial charge in [-0.05, 0) is 23.8 Å². The topological polar surface area (TPSA) is 20.3 Å². The van der Waals surface area contributed by atoms with Crippen LogP contribution in [0.3, 0.4) is 0 Å². The molecule has 0 saturated carbocycles. The van der Waals surface area contributed by atoms with Gasteiger partial charge in [0, 0.05) is 23.8 Å². The molecule has 1 heterocycles. The number of allylic oxidation sites excluding steroid dienone is 4. The Morgan fingerprint density at radius 1 is 1.24 bits per heavy atom. The third-order valence-corrected chi connectivity index (χ3v) is 3.72. The lowest BCUT2D eigenvalue weighted by Gasteiger charge is -2.23. The molecule has 1 aliphatic rings. The molecule has 0 fully saturated rings. The van der Waals surface area contributed by atoms with Gasteiger partial charge in [0.1, 0.15) is 0 Å². The maximum atomic E-state index is 12.2. The van der Waals surface area contributed by atoms with E-state index in [1.165, 1.54) is 0 Å². The highest BCUT2D eigenvalue weighted by atomic mass is 19.4. The first-order chi connectivity index (χ1) is 9.65. The third kappa shape index (κ3) is 2.73. The molecule has 2 nitrogen and oxygen atoms in total. The van der Waals surface area contributed by atoms with E-state index in [1.807, 2.05) is 50.1 Å². The second-order valence-electron chi connectivity index (χ2n) is 5.47. The predicted molar refractivity (Wildman–Crippen MR) is 76.2 cm³/mol. The number of hydrogen-bond donors (Lipinski definition) is 0. The number of ketones is 1. The first-order valence-electron chi connectivity index (χ1n) is 6.49. The summed E-state index contributed by atoms with van der Waals surface area (Å²) >= 11 is 0. The van der Waals surface area contributed by atoms with Crippen molar-refractivity contribution < 1.29 is 18.0 Å². The van der Waals surface area contributed by atoms with Crippen LogP contribution in [-0.2, 0) is 10.2 Å². The van der Waals surface area contributed by atoms with E-state index in [0.29, 0.717) is 6.08 Å². The van der Waals surface area contributed by atoms with E-state index in [4.69, 9.17) is 0 Å². The summed E-state index contributed by atoms with van der Waals surface area (Å²) in [7, 11) is 1.86. The van der Waals surface area contributed by atoms with Gasteiger partial charge in [-0.1, -0.05) is 38.1 Å². The summed E-state index contributed by atoms with van der Waals surface area (Å²) in [6.07, 6.45) is -1.55. The molecule has 5 heteroatoms. The number of nitrogens with zero attached hydrogens (tertiary/aromatic N) is 1. The molecule has 1 aliphatic heterocycles. The van der Waals surface area contributed by atoms with E-state index in [-0.39, 0.29) is 5.41 Å². The second kappa shape index (κ2) is 5.06. The summed E-state index contributed by atoms with van der Waals surface area (Å²) in [4.78, 5) is 12.8. The lowest BCUT2D eigenvalue weighted by Crippen LogP contribution is -2.23. The summed E-state index contributed by atoms with van der Waals surface area (Å²) in [6.45, 7) is 4.00. The van der Waals surface area contributed by atoms with Gasteiger partial charge in [0.2, 0.25) is 0 Å². The molecule has 0 radical (unpaired) electrons. The van der Waals surface area contributed by atoms with Gasteiger partial charge in [-0.3, -0.25) is 4.79 Å². The number of anilines is 1. The van der Waals surface area contributed by atoms with E-state index >= 15 is 0 Å². The molecule has 2 rings (SSSR count). The van der Waals surface area contributed by atoms with Gasteiger partial charge in [0.25, 0.3) is 5.78 Å². The number of likely N-dealkylation sites (N-methyl/N-ethyl adjacent to an activating group) is 1. The van der Waals surface area contributed by atoms with E-state index in [2.05, 4.69) is 0 Å². The molecule has 0 atom stereocenters. The molecule has 0 amide bonds. The molecule has 0 aromatic heterocycles. The van der Waals surface area contributed by atoms with E-state index < -0.39 is 12.0 Å². The highest BCUT2D eigenvalue weighted by Gasteiger charge is 2.38. The minimum Gasteiger partial charge on any atom is -0.347 e. The fraction of sp³-hybridized carbons (Fsp3) is 0.312. The number of alkyl halides is 3. The lowest BCUT2D eigenvalue weighted by atomic mass is 9.84. The molecule has 112 valence electrons. The number of carbonyl (C=O) groups is 1. The standard InChI is InChI=1S/C16H16F3NO/c1-15(2)11-7-4-5-8-12(11)20(3)13(15)9-6-10-14(21)16(17,18)19/h4-10H,1-3H3/b10-6+,13-9-. The van der Waals surface area contributed by atoms with Gasteiger partial charge >= 0.3 is 6.18 Å². The van der Waals surface area contributed by atoms with Gasteiger partial charge in [-0.15, -0.1) is 0 Å². The van der Waals surface area contributed by atoms with Crippen LogP contribution in [0.25, 0.3) is 0 Å². The van der Waals surface area contributed by atoms with E-state index in [9.17, 15) is 18.0 Å². The SMILES string of the molecule is CN1/C(=C\C=C\C(=O)C(F)(F)F)C(C)(C)c2ccccc21. The van der Waals surface area contributed by atoms with Crippen molar-refractivity contribution in [2.24, 2.45) is 0 Å². The molecule has 0 unspecified atom stereocenters. The summed E-state index contributed by atoms with van der Waals surface area (Å²) in [6, 6.07) is 7.80. The number of rotatable bonds is 2. The minimum atomic E-state index is -4.82. The highest BCUT2D eigenvalue weighted by Crippen LogP contribution is 2.46. The third-order valence-electron chi connectivity index (χ3n) is 3.72. The van der Waals surface area contributed by atoms with Crippen LogP contribution < -0.4 is 4.90 Å². The average Bonchev–Trinajstić information content (AvgIpc) is 2.59. The zero-order valence-electron chi connectivity index (χ0n) is 12.0. The molecule has 1 aromatic rings. The van der Waals surface area contributed by atoms with Crippen molar-refractivity contribution >= 4 is 11.5 Å². The van der Waals surface area contributed by atoms with Crippen LogP contribution in [0.1, 0.15) is 19.4 Å². The normalized spacial score (nSPS) is 19.3. The van der Waals surface area contributed by atoms with Gasteiger partial charge in [0.05, 0.1) is 0 Å². The van der Waals surface area contributed by atoms with Crippen molar-refractivity contribution in [3.05, 3.63) is 53.8 Å². The number of halogens is 3. The Bertz CT molecular complexity index is 627. The van der Waals surface area contributed by atoms with Crippen molar-refractivity contribution in [1.29, 1.82) is 0 Å². The van der Waals surface area contributed by atoms with Gasteiger partial charge in [0.15, 0.2) is 0 Å². The Balaban J connectivity index is 2.32. The quantitative estimate of drug-likeness (QED) is 0.769. The van der Waals surface area contributed by atoms with Crippen LogP contribution in [0.5, 0.6) is 0 Å². The number of hydrogen-bond acceptors (Lipinski definition) is 2. The molecule has 0 N–H and O–H groups in total. The molecule has 1 aromatic carbocycles. The zero-order chi connectivity index (χ0) is 15.8. The fourth-order valence-corrected chi connectivity index (χ4v) is 2.62. The number of benzene rings is 1. The first-order valence-corrected chi connectivity index (χ1v) is 6.49. The van der Waals surface area contributed by atoms with Crippen LogP contribution >= 0.6 is 0 Å². The summed E-state index contributed by atoms with van der Waals surface area (Å²) in [5.41, 5.74) is 2.64. The van der Waals surface area contributed by atoms with Crippen molar-refractivity contribution in [3.63, 3.8) is 0 Å². The van der Waals surface area contributed by atoms with Crippen LogP contribution in [0, 0.1) is 0 Å². The first kappa shape index (κ1) is 15.4. The van der Waals surface area contributed by atoms with Gasteiger partial charge < -0.3 is 4.90 Å². The lowest BCUT2D eigenvalue weighted by molar-refractivity contribution is -0.165. The molecular formula is C16H16F3NO. The van der Waals surface area contributed by atoms with Crippen molar-refractivity contribution in [3.8, 4) is 0 Å². The molecule has 0 saturated heterocycles. The summed E-state index contributed by atoms with van der Waals surface area (Å²) < 4.78 is 36.5. The largest absolute Gasteiger partial charge is 0.454 e. The zero-order valence-corrected chi connectivity index (χ0v) is 12.0. The summed E-state index contributed by atoms with van der Waals surface area (Å²) in [5.74, 6) is -1.85. The molecule has 0 aliphatic carbocycles. The predicted octanol–water partition coefficient (Wildman–Crippen LogP) is 3.99. The molecule has 0 spiro atoms. The van der Waals surface area contributed by atoms with Crippen molar-refractivity contribution in [2.45, 2.75) is 25.4 Å². The Morgan fingerprint density at radius 2 is 1.86 bits per heavy atom. The molecule has 0 bridgehead atoms. The van der Waals surface area contributed by atoms with Crippen LogP contribution in [0.2, 0.25) is 0 Å². The Kier molecular flexibility index (Phi) is 3.70. The van der Waals surface area contributed by atoms with Crippen molar-refractivity contribution in [2.75, 3.05) is 11.9 Å². The van der Waals surface area contributed by atoms with E-state index in [1.54, 1.807) is 6.08 Å².